The third-order valence-electron chi connectivity index (χ3n) is 10.9. The Morgan fingerprint density at radius 1 is 0.400 bits per heavy atom. The van der Waals surface area contributed by atoms with Crippen molar-refractivity contribution in [3.05, 3.63) is 86.7 Å². The fourth-order valence-electron chi connectivity index (χ4n) is 7.70. The minimum absolute atomic E-state index is 0.0408. The number of allylic oxidation sites excluding steroid dienone is 2. The number of aliphatic imine (C=N–C) groups is 2. The van der Waals surface area contributed by atoms with Crippen LogP contribution in [0.15, 0.2) is 72.3 Å². The Morgan fingerprint density at radius 3 is 1.05 bits per heavy atom. The van der Waals surface area contributed by atoms with Gasteiger partial charge in [0.15, 0.2) is 6.39 Å². The number of thiophene rings is 1. The molecule has 5 rings (SSSR count). The minimum Gasteiger partial charge on any atom is -0.468 e. The van der Waals surface area contributed by atoms with E-state index in [9.17, 15) is 0 Å². The Labute approximate surface area is 406 Å². The van der Waals surface area contributed by atoms with E-state index in [2.05, 4.69) is 252 Å². The number of rotatable bonds is 0. The van der Waals surface area contributed by atoms with Crippen molar-refractivity contribution < 1.29 is 8.83 Å². The van der Waals surface area contributed by atoms with Crippen LogP contribution < -0.4 is 0 Å². The van der Waals surface area contributed by atoms with Crippen LogP contribution in [0, 0.1) is 21.7 Å². The van der Waals surface area contributed by atoms with Gasteiger partial charge in [0.05, 0.1) is 25.0 Å². The highest BCUT2D eigenvalue weighted by Gasteiger charge is 2.34. The number of oxazole rings is 1. The average Bonchev–Trinajstić information content (AvgIpc) is 3.92. The predicted octanol–water partition coefficient (Wildman–Crippen LogP) is 18.4. The lowest BCUT2D eigenvalue weighted by atomic mass is 9.76. The molecular weight excluding hydrogens is 815 g/mol. The van der Waals surface area contributed by atoms with E-state index >= 15 is 0 Å². The zero-order valence-electron chi connectivity index (χ0n) is 48.0. The van der Waals surface area contributed by atoms with Crippen LogP contribution in [0.2, 0.25) is 0 Å². The van der Waals surface area contributed by atoms with Gasteiger partial charge in [0.2, 0.25) is 0 Å². The van der Waals surface area contributed by atoms with E-state index in [0.717, 1.165) is 30.3 Å². The van der Waals surface area contributed by atoms with Crippen molar-refractivity contribution in [1.82, 2.24) is 4.98 Å². The van der Waals surface area contributed by atoms with E-state index in [1.54, 1.807) is 12.7 Å². The van der Waals surface area contributed by atoms with Gasteiger partial charge >= 0.3 is 0 Å². The molecule has 0 spiro atoms. The quantitative estimate of drug-likeness (QED) is 0.226. The molecule has 0 fully saturated rings. The van der Waals surface area contributed by atoms with Crippen molar-refractivity contribution in [2.45, 2.75) is 240 Å². The maximum Gasteiger partial charge on any atom is 0.181 e. The summed E-state index contributed by atoms with van der Waals surface area (Å²) in [4.78, 5) is 15.0. The van der Waals surface area contributed by atoms with Gasteiger partial charge in [-0.15, -0.1) is 11.3 Å². The molecule has 0 atom stereocenters. The maximum absolute atomic E-state index is 5.56. The molecule has 3 aromatic rings. The summed E-state index contributed by atoms with van der Waals surface area (Å²) in [7, 11) is 0. The van der Waals surface area contributed by atoms with Crippen LogP contribution in [-0.2, 0) is 32.5 Å². The van der Waals surface area contributed by atoms with Crippen molar-refractivity contribution in [1.29, 1.82) is 0 Å². The van der Waals surface area contributed by atoms with E-state index in [1.807, 2.05) is 11.3 Å². The van der Waals surface area contributed by atoms with Crippen LogP contribution >= 0.6 is 11.3 Å². The zero-order chi connectivity index (χ0) is 51.4. The normalized spacial score (nSPS) is 15.5. The first-order valence-corrected chi connectivity index (χ1v) is 25.1. The van der Waals surface area contributed by atoms with Crippen LogP contribution in [0.1, 0.15) is 241 Å². The summed E-state index contributed by atoms with van der Waals surface area (Å²) in [6, 6.07) is 4.35. The largest absolute Gasteiger partial charge is 0.468 e. The van der Waals surface area contributed by atoms with Crippen LogP contribution in [0.25, 0.3) is 0 Å². The molecule has 0 bridgehead atoms. The Balaban J connectivity index is 0.000000406. The molecule has 0 N–H and O–H groups in total. The second-order valence-corrected chi connectivity index (χ2v) is 29.4. The molecule has 6 heteroatoms. The number of hydrogen-bond donors (Lipinski definition) is 0. The third-order valence-corrected chi connectivity index (χ3v) is 12.2. The summed E-state index contributed by atoms with van der Waals surface area (Å²) in [5.41, 5.74) is 11.1. The Bertz CT molecular complexity index is 1720. The van der Waals surface area contributed by atoms with Crippen molar-refractivity contribution in [2.24, 2.45) is 31.6 Å². The van der Waals surface area contributed by atoms with Crippen LogP contribution in [0.4, 0.5) is 0 Å². The van der Waals surface area contributed by atoms with Crippen molar-refractivity contribution in [2.75, 3.05) is 13.1 Å². The first kappa shape index (κ1) is 60.0. The van der Waals surface area contributed by atoms with Crippen LogP contribution in [-0.4, -0.2) is 29.5 Å². The molecule has 65 heavy (non-hydrogen) atoms. The number of aromatic nitrogens is 1. The van der Waals surface area contributed by atoms with Gasteiger partial charge in [0, 0.05) is 43.4 Å². The summed E-state index contributed by atoms with van der Waals surface area (Å²) in [6.45, 7) is 68.5. The van der Waals surface area contributed by atoms with Gasteiger partial charge < -0.3 is 8.83 Å². The van der Waals surface area contributed by atoms with Gasteiger partial charge in [-0.05, 0) is 66.9 Å². The second kappa shape index (κ2) is 21.1. The van der Waals surface area contributed by atoms with E-state index in [0.29, 0.717) is 0 Å². The highest BCUT2D eigenvalue weighted by atomic mass is 32.1. The van der Waals surface area contributed by atoms with Crippen molar-refractivity contribution >= 4 is 22.8 Å². The summed E-state index contributed by atoms with van der Waals surface area (Å²) in [5.74, 6) is 2.11. The van der Waals surface area contributed by atoms with Crippen molar-refractivity contribution in [3.8, 4) is 0 Å². The number of furan rings is 1. The van der Waals surface area contributed by atoms with Gasteiger partial charge in [0.25, 0.3) is 0 Å². The monoisotopic (exact) mass is 916 g/mol. The Morgan fingerprint density at radius 2 is 0.800 bits per heavy atom. The molecule has 5 heterocycles. The molecule has 0 radical (unpaired) electrons. The van der Waals surface area contributed by atoms with E-state index in [4.69, 9.17) is 8.83 Å². The van der Waals surface area contributed by atoms with E-state index in [-0.39, 0.29) is 54.1 Å². The van der Waals surface area contributed by atoms with Gasteiger partial charge in [-0.2, -0.15) is 0 Å². The van der Waals surface area contributed by atoms with E-state index in [1.165, 1.54) is 38.6 Å². The fraction of sp³-hybridized carbons (Fsp3) is 0.712. The molecule has 0 amide bonds. The summed E-state index contributed by atoms with van der Waals surface area (Å²) >= 11 is 1.88. The minimum atomic E-state index is 0.0408. The van der Waals surface area contributed by atoms with Crippen LogP contribution in [0.3, 0.4) is 0 Å². The molecule has 2 aliphatic rings. The SMILES string of the molecule is CC(C)(C)C1=CCN=C1C(C)(C)C.CC(C)(C)C1=CCN=C1C(C)(C)C.CC(C)(C)c1ccoc1C(C)(C)C.CC(C)(C)c1ccsc1C(C)(C)C.CC(C)(C)c1ncoc1C(C)(C)C. The second-order valence-electron chi connectivity index (χ2n) is 28.5. The fourth-order valence-corrected chi connectivity index (χ4v) is 8.89. The Hall–Kier alpha value is -2.99. The summed E-state index contributed by atoms with van der Waals surface area (Å²) in [6.07, 6.45) is 7.86. The lowest BCUT2D eigenvalue weighted by molar-refractivity contribution is 0.392. The molecule has 370 valence electrons. The maximum atomic E-state index is 5.56. The number of hydrogen-bond acceptors (Lipinski definition) is 6. The highest BCUT2D eigenvalue weighted by Crippen LogP contribution is 2.39. The van der Waals surface area contributed by atoms with Crippen LogP contribution in [0.5, 0.6) is 0 Å². The Kier molecular flexibility index (Phi) is 19.5. The van der Waals surface area contributed by atoms with Crippen molar-refractivity contribution in [3.63, 3.8) is 0 Å². The summed E-state index contributed by atoms with van der Waals surface area (Å²) < 4.78 is 11.0. The standard InChI is InChI=1S/2C12H21N.C12H20O.C12H20S.C11H19NO/c4*1-11(2,3)9-7-8-13-10(9)12(4,5)6;1-10(2,3)8-9(11(4,5)6)13-7-12-8/h2*7H,8H2,1-6H3;2*7-8H,1-6H3;7H,1-6H3. The van der Waals surface area contributed by atoms with E-state index < -0.39 is 0 Å². The molecule has 0 saturated carbocycles. The third kappa shape index (κ3) is 18.6. The molecule has 0 aliphatic carbocycles. The van der Waals surface area contributed by atoms with Gasteiger partial charge in [-0.3, -0.25) is 9.98 Å². The topological polar surface area (TPSA) is 63.9 Å². The molecule has 2 aliphatic heterocycles. The molecule has 5 nitrogen and oxygen atoms in total. The lowest BCUT2D eigenvalue weighted by Crippen LogP contribution is -2.27. The van der Waals surface area contributed by atoms with Gasteiger partial charge in [-0.25, -0.2) is 4.98 Å². The predicted molar refractivity (Wildman–Crippen MR) is 290 cm³/mol. The summed E-state index contributed by atoms with van der Waals surface area (Å²) in [5, 5.41) is 2.21. The molecule has 3 aromatic heterocycles. The first-order chi connectivity index (χ1) is 28.6. The van der Waals surface area contributed by atoms with Gasteiger partial charge in [0.1, 0.15) is 11.5 Å². The molecule has 0 saturated heterocycles. The molecular formula is C59H101N3O2S. The van der Waals surface area contributed by atoms with Gasteiger partial charge in [-0.1, -0.05) is 220 Å². The lowest BCUT2D eigenvalue weighted by Gasteiger charge is -2.29. The zero-order valence-corrected chi connectivity index (χ0v) is 48.8. The molecule has 0 unspecified atom stereocenters. The number of nitrogens with zero attached hydrogens (tertiary/aromatic N) is 3. The highest BCUT2D eigenvalue weighted by molar-refractivity contribution is 7.10. The first-order valence-electron chi connectivity index (χ1n) is 24.3. The smallest absolute Gasteiger partial charge is 0.181 e. The average molecular weight is 917 g/mol. The molecule has 0 aromatic carbocycles.